The van der Waals surface area contributed by atoms with Gasteiger partial charge in [-0.1, -0.05) is 30.3 Å². The molecule has 10 heteroatoms. The molecule has 1 heterocycles. The van der Waals surface area contributed by atoms with Gasteiger partial charge in [-0.05, 0) is 42.8 Å². The van der Waals surface area contributed by atoms with E-state index in [-0.39, 0.29) is 24.7 Å². The number of alkyl halides is 2. The predicted octanol–water partition coefficient (Wildman–Crippen LogP) is 3.23. The van der Waals surface area contributed by atoms with Gasteiger partial charge in [-0.3, -0.25) is 9.69 Å². The van der Waals surface area contributed by atoms with E-state index < -0.39 is 22.7 Å². The van der Waals surface area contributed by atoms with Crippen LogP contribution in [0.5, 0.6) is 5.75 Å². The smallest absolute Gasteiger partial charge is 0.387 e. The largest absolute Gasteiger partial charge is 0.435 e. The lowest BCUT2D eigenvalue weighted by Crippen LogP contribution is -2.53. The Hall–Kier alpha value is -2.82. The molecule has 1 aliphatic heterocycles. The number of nitrogens with zero attached hydrogens (tertiary/aromatic N) is 2. The van der Waals surface area contributed by atoms with Crippen molar-refractivity contribution in [3.8, 4) is 5.75 Å². The van der Waals surface area contributed by atoms with Crippen molar-refractivity contribution in [2.45, 2.75) is 19.6 Å². The number of sulfonamides is 1. The molecule has 0 aromatic heterocycles. The highest BCUT2D eigenvalue weighted by atomic mass is 32.2. The molecule has 0 spiro atoms. The maximum absolute atomic E-state index is 12.6. The molecule has 32 heavy (non-hydrogen) atoms. The van der Waals surface area contributed by atoms with E-state index in [1.54, 1.807) is 13.0 Å². The first-order chi connectivity index (χ1) is 15.2. The van der Waals surface area contributed by atoms with Crippen LogP contribution in [-0.4, -0.2) is 62.4 Å². The molecule has 1 aliphatic rings. The first-order valence-electron chi connectivity index (χ1n) is 10.1. The van der Waals surface area contributed by atoms with Crippen molar-refractivity contribution in [1.29, 1.82) is 0 Å². The van der Waals surface area contributed by atoms with Crippen LogP contribution in [0, 0.1) is 0 Å². The van der Waals surface area contributed by atoms with E-state index >= 15 is 0 Å². The Bertz CT molecular complexity index is 1020. The van der Waals surface area contributed by atoms with Gasteiger partial charge in [0, 0.05) is 37.3 Å². The average Bonchev–Trinajstić information content (AvgIpc) is 2.79. The minimum absolute atomic E-state index is 0.00435. The van der Waals surface area contributed by atoms with Gasteiger partial charge in [-0.15, -0.1) is 0 Å². The SMILES string of the molecule is CC(C(=O)Nc1ccc(OC(F)F)cc1)N1CCN(S(=O)(=O)/C=C/c2ccccc2)CC1. The lowest BCUT2D eigenvalue weighted by atomic mass is 10.2. The monoisotopic (exact) mass is 465 g/mol. The normalized spacial score (nSPS) is 16.9. The molecular formula is C22H25F2N3O4S. The first-order valence-corrected chi connectivity index (χ1v) is 11.6. The highest BCUT2D eigenvalue weighted by molar-refractivity contribution is 7.92. The van der Waals surface area contributed by atoms with Crippen LogP contribution in [0.3, 0.4) is 0 Å². The van der Waals surface area contributed by atoms with Gasteiger partial charge in [0.2, 0.25) is 15.9 Å². The summed E-state index contributed by atoms with van der Waals surface area (Å²) in [6.45, 7) is 0.204. The number of hydrogen-bond acceptors (Lipinski definition) is 5. The fourth-order valence-corrected chi connectivity index (χ4v) is 4.47. The number of carbonyl (C=O) groups is 1. The summed E-state index contributed by atoms with van der Waals surface area (Å²) in [6.07, 6.45) is 1.56. The van der Waals surface area contributed by atoms with E-state index in [9.17, 15) is 22.0 Å². The van der Waals surface area contributed by atoms with Gasteiger partial charge in [-0.25, -0.2) is 8.42 Å². The van der Waals surface area contributed by atoms with E-state index in [0.29, 0.717) is 18.8 Å². The van der Waals surface area contributed by atoms with E-state index in [2.05, 4.69) is 10.1 Å². The summed E-state index contributed by atoms with van der Waals surface area (Å²) in [7, 11) is -3.55. The molecule has 1 unspecified atom stereocenters. The summed E-state index contributed by atoms with van der Waals surface area (Å²) in [6, 6.07) is 14.3. The third-order valence-corrected chi connectivity index (χ3v) is 6.70. The van der Waals surface area contributed by atoms with Crippen molar-refractivity contribution in [3.63, 3.8) is 0 Å². The van der Waals surface area contributed by atoms with E-state index in [4.69, 9.17) is 0 Å². The van der Waals surface area contributed by atoms with E-state index in [0.717, 1.165) is 5.56 Å². The van der Waals surface area contributed by atoms with Crippen molar-refractivity contribution < 1.29 is 26.7 Å². The highest BCUT2D eigenvalue weighted by Gasteiger charge is 2.29. The standard InChI is InChI=1S/C22H25F2N3O4S/c1-17(21(28)25-19-7-9-20(10-8-19)31-22(23)24)26-12-14-27(15-13-26)32(29,30)16-11-18-5-3-2-4-6-18/h2-11,16-17,22H,12-15H2,1H3,(H,25,28)/b16-11+. The fourth-order valence-electron chi connectivity index (χ4n) is 3.29. The topological polar surface area (TPSA) is 79.0 Å². The van der Waals surface area contributed by atoms with Gasteiger partial charge in [-0.2, -0.15) is 13.1 Å². The van der Waals surface area contributed by atoms with Crippen LogP contribution in [0.1, 0.15) is 12.5 Å². The van der Waals surface area contributed by atoms with Gasteiger partial charge in [0.05, 0.1) is 6.04 Å². The minimum atomic E-state index is -3.55. The molecule has 0 aliphatic carbocycles. The van der Waals surface area contributed by atoms with Crippen molar-refractivity contribution >= 4 is 27.7 Å². The predicted molar refractivity (Wildman–Crippen MR) is 119 cm³/mol. The average molecular weight is 466 g/mol. The molecule has 1 atom stereocenters. The van der Waals surface area contributed by atoms with Crippen molar-refractivity contribution in [2.24, 2.45) is 0 Å². The molecule has 1 saturated heterocycles. The van der Waals surface area contributed by atoms with Gasteiger partial charge in [0.25, 0.3) is 0 Å². The zero-order chi connectivity index (χ0) is 23.1. The second-order valence-corrected chi connectivity index (χ2v) is 9.08. The Labute approximate surface area is 186 Å². The number of carbonyl (C=O) groups excluding carboxylic acids is 1. The quantitative estimate of drug-likeness (QED) is 0.648. The lowest BCUT2D eigenvalue weighted by molar-refractivity contribution is -0.121. The summed E-state index contributed by atoms with van der Waals surface area (Å²) in [5.74, 6) is -0.266. The van der Waals surface area contributed by atoms with E-state index in [1.807, 2.05) is 35.2 Å². The Morgan fingerprint density at radius 2 is 1.66 bits per heavy atom. The van der Waals surface area contributed by atoms with Crippen LogP contribution in [0.2, 0.25) is 0 Å². The number of hydrogen-bond donors (Lipinski definition) is 1. The second kappa shape index (κ2) is 10.7. The van der Waals surface area contributed by atoms with Gasteiger partial charge in [0.15, 0.2) is 0 Å². The molecule has 3 rings (SSSR count). The number of halogens is 2. The zero-order valence-electron chi connectivity index (χ0n) is 17.5. The Balaban J connectivity index is 1.51. The first kappa shape index (κ1) is 23.8. The fraction of sp³-hybridized carbons (Fsp3) is 0.318. The number of nitrogens with one attached hydrogen (secondary N) is 1. The second-order valence-electron chi connectivity index (χ2n) is 7.26. The number of ether oxygens (including phenoxy) is 1. The Kier molecular flexibility index (Phi) is 7.94. The molecule has 0 radical (unpaired) electrons. The third kappa shape index (κ3) is 6.59. The summed E-state index contributed by atoms with van der Waals surface area (Å²) < 4.78 is 55.3. The summed E-state index contributed by atoms with van der Waals surface area (Å²) >= 11 is 0. The number of rotatable bonds is 8. The maximum atomic E-state index is 12.6. The minimum Gasteiger partial charge on any atom is -0.435 e. The van der Waals surface area contributed by atoms with Crippen molar-refractivity contribution in [1.82, 2.24) is 9.21 Å². The molecule has 1 amide bonds. The van der Waals surface area contributed by atoms with E-state index in [1.165, 1.54) is 34.0 Å². The molecule has 1 N–H and O–H groups in total. The number of amides is 1. The van der Waals surface area contributed by atoms with Gasteiger partial charge >= 0.3 is 6.61 Å². The number of piperazine rings is 1. The molecule has 172 valence electrons. The summed E-state index contributed by atoms with van der Waals surface area (Å²) in [5, 5.41) is 3.94. The lowest BCUT2D eigenvalue weighted by Gasteiger charge is -2.36. The maximum Gasteiger partial charge on any atom is 0.387 e. The summed E-state index contributed by atoms with van der Waals surface area (Å²) in [5.41, 5.74) is 1.25. The van der Waals surface area contributed by atoms with Crippen molar-refractivity contribution in [2.75, 3.05) is 31.5 Å². The highest BCUT2D eigenvalue weighted by Crippen LogP contribution is 2.19. The molecule has 2 aromatic carbocycles. The molecular weight excluding hydrogens is 440 g/mol. The Morgan fingerprint density at radius 3 is 2.25 bits per heavy atom. The molecule has 2 aromatic rings. The molecule has 7 nitrogen and oxygen atoms in total. The van der Waals surface area contributed by atoms with Crippen LogP contribution < -0.4 is 10.1 Å². The van der Waals surface area contributed by atoms with Gasteiger partial charge < -0.3 is 10.1 Å². The summed E-state index contributed by atoms with van der Waals surface area (Å²) in [4.78, 5) is 14.5. The van der Waals surface area contributed by atoms with Crippen LogP contribution in [-0.2, 0) is 14.8 Å². The van der Waals surface area contributed by atoms with Crippen LogP contribution in [0.15, 0.2) is 60.0 Å². The molecule has 1 fully saturated rings. The van der Waals surface area contributed by atoms with Crippen LogP contribution in [0.25, 0.3) is 6.08 Å². The third-order valence-electron chi connectivity index (χ3n) is 5.14. The van der Waals surface area contributed by atoms with Crippen molar-refractivity contribution in [3.05, 3.63) is 65.6 Å². The zero-order valence-corrected chi connectivity index (χ0v) is 18.3. The van der Waals surface area contributed by atoms with Gasteiger partial charge in [0.1, 0.15) is 5.75 Å². The number of anilines is 1. The molecule has 0 bridgehead atoms. The van der Waals surface area contributed by atoms with Crippen LogP contribution in [0.4, 0.5) is 14.5 Å². The molecule has 0 saturated carbocycles. The number of benzene rings is 2. The Morgan fingerprint density at radius 1 is 1.03 bits per heavy atom. The van der Waals surface area contributed by atoms with Crippen LogP contribution >= 0.6 is 0 Å².